The zero-order chi connectivity index (χ0) is 25.7. The van der Waals surface area contributed by atoms with Gasteiger partial charge < -0.3 is 14.5 Å². The third-order valence-corrected chi connectivity index (χ3v) is 5.91. The van der Waals surface area contributed by atoms with Gasteiger partial charge >= 0.3 is 5.97 Å². The summed E-state index contributed by atoms with van der Waals surface area (Å²) in [5.41, 5.74) is 4.41. The number of ether oxygens (including phenoxy) is 2. The molecule has 2 aromatic carbocycles. The molecular weight excluding hydrogens is 460 g/mol. The van der Waals surface area contributed by atoms with Gasteiger partial charge in [-0.15, -0.1) is 5.10 Å². The second-order valence-corrected chi connectivity index (χ2v) is 8.68. The predicted octanol–water partition coefficient (Wildman–Crippen LogP) is 2.91. The number of para-hydroxylation sites is 1. The van der Waals surface area contributed by atoms with Crippen LogP contribution in [0.1, 0.15) is 35.0 Å². The van der Waals surface area contributed by atoms with Gasteiger partial charge in [-0.2, -0.15) is 0 Å². The van der Waals surface area contributed by atoms with E-state index in [0.717, 1.165) is 33.3 Å². The maximum Gasteiger partial charge on any atom is 0.327 e. The fourth-order valence-corrected chi connectivity index (χ4v) is 4.32. The Morgan fingerprint density at radius 2 is 1.86 bits per heavy atom. The molecule has 0 fully saturated rings. The molecule has 10 nitrogen and oxygen atoms in total. The summed E-state index contributed by atoms with van der Waals surface area (Å²) in [6.45, 7) is 7.07. The number of H-pyrrole nitrogens is 1. The molecule has 0 radical (unpaired) electrons. The summed E-state index contributed by atoms with van der Waals surface area (Å²) in [5, 5.41) is 12.8. The number of aromatic nitrogens is 5. The number of aromatic amines is 1. The molecule has 0 saturated heterocycles. The number of fused-ring (bicyclic) bond motifs is 1. The van der Waals surface area contributed by atoms with Crippen molar-refractivity contribution in [3.8, 4) is 5.75 Å². The van der Waals surface area contributed by atoms with Crippen LogP contribution in [-0.2, 0) is 35.7 Å². The zero-order valence-electron chi connectivity index (χ0n) is 20.9. The van der Waals surface area contributed by atoms with Gasteiger partial charge in [0.05, 0.1) is 25.8 Å². The van der Waals surface area contributed by atoms with Gasteiger partial charge in [0.2, 0.25) is 0 Å². The summed E-state index contributed by atoms with van der Waals surface area (Å²) in [5.74, 6) is 0.813. The number of benzene rings is 2. The van der Waals surface area contributed by atoms with Crippen molar-refractivity contribution in [2.45, 2.75) is 47.0 Å². The van der Waals surface area contributed by atoms with E-state index < -0.39 is 5.97 Å². The second-order valence-electron chi connectivity index (χ2n) is 8.68. The maximum atomic E-state index is 13.1. The lowest BCUT2D eigenvalue weighted by atomic mass is 10.0. The van der Waals surface area contributed by atoms with E-state index in [1.54, 1.807) is 14.0 Å². The van der Waals surface area contributed by atoms with Crippen molar-refractivity contribution in [3.63, 3.8) is 0 Å². The van der Waals surface area contributed by atoms with Gasteiger partial charge in [-0.25, -0.2) is 4.68 Å². The molecule has 0 amide bonds. The highest BCUT2D eigenvalue weighted by Crippen LogP contribution is 2.22. The van der Waals surface area contributed by atoms with Crippen LogP contribution in [0, 0.1) is 13.8 Å². The number of esters is 1. The molecule has 0 aliphatic carbocycles. The Balaban J connectivity index is 1.68. The van der Waals surface area contributed by atoms with Crippen LogP contribution < -0.4 is 10.3 Å². The molecule has 1 N–H and O–H groups in total. The Hall–Kier alpha value is -4.05. The minimum Gasteiger partial charge on any atom is -0.496 e. The third kappa shape index (κ3) is 5.77. The molecule has 4 aromatic rings. The van der Waals surface area contributed by atoms with Gasteiger partial charge in [-0.05, 0) is 60.3 Å². The molecule has 2 aromatic heterocycles. The van der Waals surface area contributed by atoms with E-state index in [1.807, 2.05) is 49.1 Å². The Bertz CT molecular complexity index is 1430. The van der Waals surface area contributed by atoms with Crippen molar-refractivity contribution in [1.29, 1.82) is 0 Å². The Morgan fingerprint density at radius 1 is 1.08 bits per heavy atom. The second kappa shape index (κ2) is 11.1. The van der Waals surface area contributed by atoms with Crippen LogP contribution in [0.25, 0.3) is 10.9 Å². The molecule has 36 heavy (non-hydrogen) atoms. The van der Waals surface area contributed by atoms with Crippen LogP contribution >= 0.6 is 0 Å². The van der Waals surface area contributed by atoms with E-state index >= 15 is 0 Å². The predicted molar refractivity (Wildman–Crippen MR) is 134 cm³/mol. The number of aryl methyl sites for hydroxylation is 2. The van der Waals surface area contributed by atoms with Crippen molar-refractivity contribution in [1.82, 2.24) is 30.1 Å². The molecule has 2 heterocycles. The van der Waals surface area contributed by atoms with Gasteiger partial charge in [-0.1, -0.05) is 29.8 Å². The summed E-state index contributed by atoms with van der Waals surface area (Å²) in [7, 11) is 1.63. The molecule has 10 heteroatoms. The molecule has 188 valence electrons. The van der Waals surface area contributed by atoms with Gasteiger partial charge in [-0.3, -0.25) is 14.5 Å². The summed E-state index contributed by atoms with van der Waals surface area (Å²) >= 11 is 0. The van der Waals surface area contributed by atoms with Crippen LogP contribution in [0.15, 0.2) is 47.3 Å². The number of tetrazole rings is 1. The van der Waals surface area contributed by atoms with Crippen LogP contribution in [-0.4, -0.2) is 49.8 Å². The number of nitrogens with one attached hydrogen (secondary N) is 1. The molecule has 0 aliphatic heterocycles. The summed E-state index contributed by atoms with van der Waals surface area (Å²) in [6, 6.07) is 13.8. The highest BCUT2D eigenvalue weighted by Gasteiger charge is 2.19. The third-order valence-electron chi connectivity index (χ3n) is 5.91. The normalized spacial score (nSPS) is 11.2. The quantitative estimate of drug-likeness (QED) is 0.338. The SMILES string of the molecule is CCOC(=O)Cn1nnnc1CN(Cc1ccccc1OC)Cc1cc2cc(C)cc(C)c2[nH]c1=O. The van der Waals surface area contributed by atoms with Crippen molar-refractivity contribution in [2.24, 2.45) is 0 Å². The summed E-state index contributed by atoms with van der Waals surface area (Å²) in [6.07, 6.45) is 0. The largest absolute Gasteiger partial charge is 0.496 e. The summed E-state index contributed by atoms with van der Waals surface area (Å²) < 4.78 is 12.0. The fraction of sp³-hybridized carbons (Fsp3) is 0.346. The lowest BCUT2D eigenvalue weighted by Crippen LogP contribution is -2.29. The first-order valence-electron chi connectivity index (χ1n) is 11.8. The molecule has 0 bridgehead atoms. The minimum absolute atomic E-state index is 0.0895. The van der Waals surface area contributed by atoms with Gasteiger partial charge in [0.1, 0.15) is 12.3 Å². The van der Waals surface area contributed by atoms with Gasteiger partial charge in [0.15, 0.2) is 5.82 Å². The van der Waals surface area contributed by atoms with Crippen molar-refractivity contribution >= 4 is 16.9 Å². The van der Waals surface area contributed by atoms with Crippen LogP contribution in [0.4, 0.5) is 0 Å². The first kappa shape index (κ1) is 25.1. The van der Waals surface area contributed by atoms with Crippen molar-refractivity contribution in [2.75, 3.05) is 13.7 Å². The first-order chi connectivity index (χ1) is 17.4. The standard InChI is InChI=1S/C26H30N6O4/c1-5-36-24(33)16-32-23(28-29-30-32)15-31(13-19-8-6-7-9-22(19)35-4)14-21-12-20-11-17(2)10-18(3)25(20)27-26(21)34/h6-12H,5,13-16H2,1-4H3,(H,27,34). The van der Waals surface area contributed by atoms with E-state index in [0.29, 0.717) is 31.0 Å². The Morgan fingerprint density at radius 3 is 2.64 bits per heavy atom. The van der Waals surface area contributed by atoms with Crippen LogP contribution in [0.3, 0.4) is 0 Å². The number of hydrogen-bond donors (Lipinski definition) is 1. The average Bonchev–Trinajstić information content (AvgIpc) is 3.26. The number of rotatable bonds is 10. The van der Waals surface area contributed by atoms with Crippen molar-refractivity contribution < 1.29 is 14.3 Å². The van der Waals surface area contributed by atoms with E-state index in [9.17, 15) is 9.59 Å². The van der Waals surface area contributed by atoms with E-state index in [2.05, 4.69) is 32.6 Å². The molecule has 0 atom stereocenters. The van der Waals surface area contributed by atoms with E-state index in [-0.39, 0.29) is 18.7 Å². The van der Waals surface area contributed by atoms with E-state index in [1.165, 1.54) is 4.68 Å². The molecule has 0 unspecified atom stereocenters. The summed E-state index contributed by atoms with van der Waals surface area (Å²) in [4.78, 5) is 30.2. The lowest BCUT2D eigenvalue weighted by Gasteiger charge is -2.23. The highest BCUT2D eigenvalue weighted by molar-refractivity contribution is 5.82. The number of pyridine rings is 1. The first-order valence-corrected chi connectivity index (χ1v) is 11.8. The molecule has 0 spiro atoms. The molecule has 4 rings (SSSR count). The highest BCUT2D eigenvalue weighted by atomic mass is 16.5. The number of carbonyl (C=O) groups excluding carboxylic acids is 1. The fourth-order valence-electron chi connectivity index (χ4n) is 4.32. The minimum atomic E-state index is -0.418. The van der Waals surface area contributed by atoms with Gasteiger partial charge in [0, 0.05) is 24.2 Å². The maximum absolute atomic E-state index is 13.1. The number of methoxy groups -OCH3 is 1. The van der Waals surface area contributed by atoms with Crippen molar-refractivity contribution in [3.05, 3.63) is 80.9 Å². The Kier molecular flexibility index (Phi) is 7.74. The molecular formula is C26H30N6O4. The number of hydrogen-bond acceptors (Lipinski definition) is 8. The van der Waals surface area contributed by atoms with Gasteiger partial charge in [0.25, 0.3) is 5.56 Å². The molecule has 0 aliphatic rings. The smallest absolute Gasteiger partial charge is 0.327 e. The Labute approximate surface area is 208 Å². The van der Waals surface area contributed by atoms with Crippen LogP contribution in [0.5, 0.6) is 5.75 Å². The van der Waals surface area contributed by atoms with E-state index in [4.69, 9.17) is 9.47 Å². The number of carbonyl (C=O) groups is 1. The average molecular weight is 491 g/mol. The lowest BCUT2D eigenvalue weighted by molar-refractivity contribution is -0.144. The zero-order valence-corrected chi connectivity index (χ0v) is 20.9. The van der Waals surface area contributed by atoms with Crippen LogP contribution in [0.2, 0.25) is 0 Å². The topological polar surface area (TPSA) is 115 Å². The molecule has 0 saturated carbocycles. The monoisotopic (exact) mass is 490 g/mol. The number of nitrogens with zero attached hydrogens (tertiary/aromatic N) is 5.